The van der Waals surface area contributed by atoms with Gasteiger partial charge in [-0.2, -0.15) is 0 Å². The van der Waals surface area contributed by atoms with Crippen LogP contribution in [0.1, 0.15) is 26.3 Å². The first-order valence-corrected chi connectivity index (χ1v) is 8.97. The van der Waals surface area contributed by atoms with Gasteiger partial charge in [0.05, 0.1) is 6.04 Å². The van der Waals surface area contributed by atoms with Gasteiger partial charge in [-0.05, 0) is 12.5 Å². The molecule has 1 heterocycles. The van der Waals surface area contributed by atoms with E-state index in [1.54, 1.807) is 20.8 Å². The van der Waals surface area contributed by atoms with Gasteiger partial charge in [0, 0.05) is 35.2 Å². The van der Waals surface area contributed by atoms with Crippen LogP contribution in [0.2, 0.25) is 0 Å². The Hall–Kier alpha value is -3.60. The quantitative estimate of drug-likeness (QED) is 0.275. The number of carboxylic acids is 1. The van der Waals surface area contributed by atoms with Crippen LogP contribution in [0.4, 0.5) is 0 Å². The van der Waals surface area contributed by atoms with E-state index in [0.29, 0.717) is 0 Å². The summed E-state index contributed by atoms with van der Waals surface area (Å²) in [7, 11) is 0. The summed E-state index contributed by atoms with van der Waals surface area (Å²) in [5.41, 5.74) is 6.60. The van der Waals surface area contributed by atoms with Gasteiger partial charge in [0.2, 0.25) is 11.8 Å². The molecule has 0 bridgehead atoms. The molecule has 13 nitrogen and oxygen atoms in total. The second-order valence-corrected chi connectivity index (χ2v) is 7.70. The Morgan fingerprint density at radius 3 is 2.53 bits per heavy atom. The van der Waals surface area contributed by atoms with Crippen LogP contribution in [0, 0.1) is 12.3 Å². The molecule has 1 aromatic rings. The molecule has 1 rings (SSSR count). The number of azide groups is 1. The third-order valence-electron chi connectivity index (χ3n) is 4.00. The number of carbonyl (C=O) groups excluding carboxylic acids is 2. The van der Waals surface area contributed by atoms with Gasteiger partial charge in [0.15, 0.2) is 0 Å². The number of amides is 2. The number of carbonyl (C=O) groups is 3. The molecule has 1 aromatic heterocycles. The first-order chi connectivity index (χ1) is 13.8. The van der Waals surface area contributed by atoms with E-state index in [4.69, 9.17) is 10.6 Å². The van der Waals surface area contributed by atoms with Crippen LogP contribution in [-0.2, 0) is 20.9 Å². The summed E-state index contributed by atoms with van der Waals surface area (Å²) < 4.78 is 0.949. The number of rotatable bonds is 9. The molecule has 3 N–H and O–H groups in total. The van der Waals surface area contributed by atoms with Gasteiger partial charge in [-0.15, -0.1) is 0 Å². The summed E-state index contributed by atoms with van der Waals surface area (Å²) >= 11 is 0. The third kappa shape index (κ3) is 7.43. The SMILES string of the molecule is Cc1cn(CC(=O)N(CC(=O)O)CC(CN=[N+]=[N-])NC(=O)C(C)(C)C)c(=O)[nH]c1=O. The Bertz CT molecular complexity index is 968. The first kappa shape index (κ1) is 24.4. The Labute approximate surface area is 171 Å². The highest BCUT2D eigenvalue weighted by Crippen LogP contribution is 2.13. The van der Waals surface area contributed by atoms with E-state index >= 15 is 0 Å². The van der Waals surface area contributed by atoms with Gasteiger partial charge in [-0.3, -0.25) is 28.7 Å². The molecule has 0 aliphatic rings. The minimum absolute atomic E-state index is 0.200. The molecule has 30 heavy (non-hydrogen) atoms. The minimum Gasteiger partial charge on any atom is -0.480 e. The van der Waals surface area contributed by atoms with Crippen LogP contribution >= 0.6 is 0 Å². The average Bonchev–Trinajstić information content (AvgIpc) is 2.62. The van der Waals surface area contributed by atoms with Crippen molar-refractivity contribution in [2.24, 2.45) is 10.5 Å². The number of aryl methyl sites for hydroxylation is 1. The Kier molecular flexibility index (Phi) is 8.35. The van der Waals surface area contributed by atoms with E-state index < -0.39 is 47.7 Å². The Balaban J connectivity index is 3.11. The molecule has 0 aliphatic heterocycles. The van der Waals surface area contributed by atoms with Crippen molar-refractivity contribution in [3.8, 4) is 0 Å². The average molecular weight is 423 g/mol. The van der Waals surface area contributed by atoms with Gasteiger partial charge in [-0.25, -0.2) is 4.79 Å². The lowest BCUT2D eigenvalue weighted by atomic mass is 9.95. The minimum atomic E-state index is -1.31. The van der Waals surface area contributed by atoms with Crippen molar-refractivity contribution in [3.63, 3.8) is 0 Å². The van der Waals surface area contributed by atoms with Crippen LogP contribution in [-0.4, -0.2) is 63.0 Å². The number of aromatic nitrogens is 2. The van der Waals surface area contributed by atoms with E-state index in [2.05, 4.69) is 20.3 Å². The molecule has 0 spiro atoms. The molecule has 0 saturated carbocycles. The standard InChI is InChI=1S/C17H25N7O6/c1-10-6-24(16(30)21-14(10)28)8-12(25)23(9-13(26)27)7-11(5-19-22-18)20-15(29)17(2,3)4/h6,11H,5,7-9H2,1-4H3,(H,20,29)(H,26,27)(H,21,28,30). The largest absolute Gasteiger partial charge is 0.480 e. The maximum absolute atomic E-state index is 12.7. The molecule has 0 saturated heterocycles. The van der Waals surface area contributed by atoms with Crippen molar-refractivity contribution < 1.29 is 19.5 Å². The van der Waals surface area contributed by atoms with Crippen LogP contribution in [0.25, 0.3) is 10.4 Å². The van der Waals surface area contributed by atoms with E-state index in [9.17, 15) is 24.0 Å². The summed E-state index contributed by atoms with van der Waals surface area (Å²) in [4.78, 5) is 65.2. The van der Waals surface area contributed by atoms with Crippen molar-refractivity contribution in [1.29, 1.82) is 0 Å². The predicted molar refractivity (Wildman–Crippen MR) is 106 cm³/mol. The number of carboxylic acid groups (broad SMARTS) is 1. The van der Waals surface area contributed by atoms with Crippen molar-refractivity contribution in [3.05, 3.63) is 43.0 Å². The number of nitrogens with zero attached hydrogens (tertiary/aromatic N) is 5. The zero-order chi connectivity index (χ0) is 23.1. The second-order valence-electron chi connectivity index (χ2n) is 7.70. The van der Waals surface area contributed by atoms with E-state index in [1.807, 2.05) is 0 Å². The number of hydrogen-bond donors (Lipinski definition) is 3. The number of aromatic amines is 1. The van der Waals surface area contributed by atoms with Crippen LogP contribution in [0.5, 0.6) is 0 Å². The fourth-order valence-electron chi connectivity index (χ4n) is 2.35. The molecule has 0 fully saturated rings. The van der Waals surface area contributed by atoms with Crippen molar-refractivity contribution in [2.45, 2.75) is 40.3 Å². The fourth-order valence-corrected chi connectivity index (χ4v) is 2.35. The third-order valence-corrected chi connectivity index (χ3v) is 4.00. The van der Waals surface area contributed by atoms with Gasteiger partial charge in [-0.1, -0.05) is 25.9 Å². The number of nitrogens with one attached hydrogen (secondary N) is 2. The monoisotopic (exact) mass is 423 g/mol. The van der Waals surface area contributed by atoms with E-state index in [0.717, 1.165) is 9.47 Å². The zero-order valence-corrected chi connectivity index (χ0v) is 17.2. The molecule has 13 heteroatoms. The lowest BCUT2D eigenvalue weighted by Gasteiger charge is -2.29. The number of H-pyrrole nitrogens is 1. The van der Waals surface area contributed by atoms with Crippen LogP contribution in [0.3, 0.4) is 0 Å². The molecule has 2 amide bonds. The summed E-state index contributed by atoms with van der Waals surface area (Å²) in [5, 5.41) is 15.2. The molecule has 0 aromatic carbocycles. The normalized spacial score (nSPS) is 11.9. The van der Waals surface area contributed by atoms with Crippen LogP contribution in [0.15, 0.2) is 20.9 Å². The van der Waals surface area contributed by atoms with Gasteiger partial charge >= 0.3 is 11.7 Å². The molecule has 164 valence electrons. The smallest absolute Gasteiger partial charge is 0.328 e. The Morgan fingerprint density at radius 2 is 2.00 bits per heavy atom. The second kappa shape index (κ2) is 10.3. The molecule has 1 unspecified atom stereocenters. The lowest BCUT2D eigenvalue weighted by Crippen LogP contribution is -2.52. The van der Waals surface area contributed by atoms with Crippen molar-refractivity contribution in [1.82, 2.24) is 19.8 Å². The van der Waals surface area contributed by atoms with E-state index in [-0.39, 0.29) is 24.6 Å². The number of aliphatic carboxylic acids is 1. The summed E-state index contributed by atoms with van der Waals surface area (Å²) in [6.07, 6.45) is 1.19. The maximum Gasteiger partial charge on any atom is 0.328 e. The number of hydrogen-bond acceptors (Lipinski definition) is 6. The molecule has 1 atom stereocenters. The topological polar surface area (TPSA) is 190 Å². The summed E-state index contributed by atoms with van der Waals surface area (Å²) in [5.74, 6) is -2.42. The molecule has 0 aliphatic carbocycles. The van der Waals surface area contributed by atoms with Crippen molar-refractivity contribution in [2.75, 3.05) is 19.6 Å². The Morgan fingerprint density at radius 1 is 1.37 bits per heavy atom. The summed E-state index contributed by atoms with van der Waals surface area (Å²) in [6, 6.07) is -0.843. The highest BCUT2D eigenvalue weighted by atomic mass is 16.4. The van der Waals surface area contributed by atoms with Crippen molar-refractivity contribution >= 4 is 17.8 Å². The van der Waals surface area contributed by atoms with E-state index in [1.165, 1.54) is 13.1 Å². The zero-order valence-electron chi connectivity index (χ0n) is 17.2. The van der Waals surface area contributed by atoms with Crippen LogP contribution < -0.4 is 16.6 Å². The predicted octanol–water partition coefficient (Wildman–Crippen LogP) is -0.401. The first-order valence-electron chi connectivity index (χ1n) is 8.97. The fraction of sp³-hybridized carbons (Fsp3) is 0.588. The molecular formula is C17H25N7O6. The highest BCUT2D eigenvalue weighted by Gasteiger charge is 2.27. The molecule has 0 radical (unpaired) electrons. The highest BCUT2D eigenvalue weighted by molar-refractivity contribution is 5.83. The molecular weight excluding hydrogens is 398 g/mol. The lowest BCUT2D eigenvalue weighted by molar-refractivity contribution is -0.145. The van der Waals surface area contributed by atoms with Gasteiger partial charge < -0.3 is 15.3 Å². The van der Waals surface area contributed by atoms with Gasteiger partial charge in [0.1, 0.15) is 13.1 Å². The maximum atomic E-state index is 12.7. The van der Waals surface area contributed by atoms with Gasteiger partial charge in [0.25, 0.3) is 5.56 Å². The summed E-state index contributed by atoms with van der Waals surface area (Å²) in [6.45, 7) is 4.75.